The van der Waals surface area contributed by atoms with Gasteiger partial charge < -0.3 is 4.74 Å². The molecular formula is C39H39OPS4. The van der Waals surface area contributed by atoms with Crippen molar-refractivity contribution in [2.24, 2.45) is 0 Å². The molecule has 1 nitrogen and oxygen atoms in total. The van der Waals surface area contributed by atoms with E-state index in [9.17, 15) is 0 Å². The van der Waals surface area contributed by atoms with E-state index in [-0.39, 0.29) is 0 Å². The van der Waals surface area contributed by atoms with Gasteiger partial charge in [-0.3, -0.25) is 0 Å². The predicted octanol–water partition coefficient (Wildman–Crippen LogP) is 10.4. The second-order valence-corrected chi connectivity index (χ2v) is 13.8. The third-order valence-electron chi connectivity index (χ3n) is 5.96. The Bertz CT molecular complexity index is 1480. The summed E-state index contributed by atoms with van der Waals surface area (Å²) >= 11 is 16.9. The van der Waals surface area contributed by atoms with Gasteiger partial charge in [0.05, 0.1) is 6.61 Å². The van der Waals surface area contributed by atoms with Gasteiger partial charge in [-0.2, -0.15) is 0 Å². The van der Waals surface area contributed by atoms with Crippen LogP contribution in [0.25, 0.3) is 0 Å². The van der Waals surface area contributed by atoms with Crippen LogP contribution in [0.1, 0.15) is 13.3 Å². The van der Waals surface area contributed by atoms with E-state index in [1.54, 1.807) is 0 Å². The molecule has 0 bridgehead atoms. The summed E-state index contributed by atoms with van der Waals surface area (Å²) in [6, 6.07) is 57.1. The molecule has 0 fully saturated rings. The maximum atomic E-state index is 5.76. The molecule has 0 aliphatic rings. The van der Waals surface area contributed by atoms with Crippen LogP contribution in [0.3, 0.4) is 0 Å². The van der Waals surface area contributed by atoms with Crippen LogP contribution in [-0.4, -0.2) is 6.61 Å². The number of thiol groups is 4. The van der Waals surface area contributed by atoms with Crippen molar-refractivity contribution in [2.75, 3.05) is 6.61 Å². The summed E-state index contributed by atoms with van der Waals surface area (Å²) in [6.45, 7) is 2.83. The lowest BCUT2D eigenvalue weighted by molar-refractivity contribution is 0.310. The minimum absolute atomic E-state index is 0.592. The monoisotopic (exact) mass is 682 g/mol. The fraction of sp³-hybridized carbons (Fsp3) is 0.0769. The molecule has 0 saturated carbocycles. The molecule has 0 unspecified atom stereocenters. The molecule has 0 aliphatic heterocycles. The predicted molar refractivity (Wildman–Crippen MR) is 209 cm³/mol. The van der Waals surface area contributed by atoms with Crippen molar-refractivity contribution in [3.63, 3.8) is 0 Å². The van der Waals surface area contributed by atoms with E-state index in [0.717, 1.165) is 38.4 Å². The van der Waals surface area contributed by atoms with Crippen molar-refractivity contribution >= 4 is 74.4 Å². The second kappa shape index (κ2) is 21.6. The summed E-state index contributed by atoms with van der Waals surface area (Å²) in [7, 11) is -0.592. The van der Waals surface area contributed by atoms with Crippen LogP contribution in [0.5, 0.6) is 5.75 Å². The Hall–Kier alpha value is -3.05. The quantitative estimate of drug-likeness (QED) is 0.101. The van der Waals surface area contributed by atoms with E-state index in [2.05, 4.69) is 136 Å². The largest absolute Gasteiger partial charge is 0.492 e. The van der Waals surface area contributed by atoms with Crippen molar-refractivity contribution < 1.29 is 4.74 Å². The molecule has 6 aromatic carbocycles. The van der Waals surface area contributed by atoms with Crippen LogP contribution < -0.4 is 20.7 Å². The lowest BCUT2D eigenvalue weighted by Crippen LogP contribution is -2.20. The van der Waals surface area contributed by atoms with E-state index < -0.39 is 7.92 Å². The zero-order valence-corrected chi connectivity index (χ0v) is 29.7. The Morgan fingerprint density at radius 2 is 0.800 bits per heavy atom. The maximum absolute atomic E-state index is 5.76. The first-order chi connectivity index (χ1) is 22.0. The van der Waals surface area contributed by atoms with Gasteiger partial charge in [-0.15, -0.1) is 50.5 Å². The summed E-state index contributed by atoms with van der Waals surface area (Å²) in [5, 5.41) is 3.97. The van der Waals surface area contributed by atoms with Crippen LogP contribution in [0, 0.1) is 0 Å². The minimum Gasteiger partial charge on any atom is -0.492 e. The first-order valence-corrected chi connectivity index (χ1v) is 17.7. The second-order valence-electron chi connectivity index (χ2n) is 9.51. The van der Waals surface area contributed by atoms with Crippen LogP contribution in [0.4, 0.5) is 0 Å². The molecule has 0 aromatic heterocycles. The molecule has 0 N–H and O–H groups in total. The summed E-state index contributed by atoms with van der Waals surface area (Å²) in [5.41, 5.74) is 0. The van der Waals surface area contributed by atoms with Crippen molar-refractivity contribution in [3.8, 4) is 5.75 Å². The summed E-state index contributed by atoms with van der Waals surface area (Å²) < 4.78 is 5.76. The van der Waals surface area contributed by atoms with Crippen LogP contribution >= 0.6 is 58.4 Å². The van der Waals surface area contributed by atoms with Crippen molar-refractivity contribution in [1.82, 2.24) is 0 Å². The number of rotatable bonds is 6. The van der Waals surface area contributed by atoms with Gasteiger partial charge in [0.15, 0.2) is 0 Å². The van der Waals surface area contributed by atoms with E-state index in [1.165, 1.54) is 15.9 Å². The fourth-order valence-corrected chi connectivity index (χ4v) is 7.08. The molecule has 45 heavy (non-hydrogen) atoms. The smallest absolute Gasteiger partial charge is 0.132 e. The molecule has 6 heteroatoms. The topological polar surface area (TPSA) is 9.23 Å². The molecule has 0 saturated heterocycles. The normalized spacial score (nSPS) is 9.82. The van der Waals surface area contributed by atoms with Gasteiger partial charge in [0, 0.05) is 19.6 Å². The molecule has 6 rings (SSSR count). The molecule has 0 atom stereocenters. The highest BCUT2D eigenvalue weighted by molar-refractivity contribution is 7.81. The molecule has 0 spiro atoms. The van der Waals surface area contributed by atoms with Crippen molar-refractivity contribution in [3.05, 3.63) is 170 Å². The average Bonchev–Trinajstić information content (AvgIpc) is 3.08. The lowest BCUT2D eigenvalue weighted by Gasteiger charge is -2.20. The Balaban J connectivity index is 0.000000210. The van der Waals surface area contributed by atoms with Gasteiger partial charge in [0.25, 0.3) is 0 Å². The van der Waals surface area contributed by atoms with E-state index in [4.69, 9.17) is 4.74 Å². The Kier molecular flexibility index (Phi) is 17.5. The zero-order valence-electron chi connectivity index (χ0n) is 25.2. The molecule has 0 radical (unpaired) electrons. The standard InChI is InChI=1S/C21H21OPS.3C6H6S/c1-2-15-22-20-14-13-19(16-21(20)24)23(17-9-5-3-6-10-17)18-11-7-4-8-12-18;3*7-6-4-2-1-3-5-6/h3-14,16,24H,2,15H2,1H3;3*1-5,7H. The van der Waals surface area contributed by atoms with Gasteiger partial charge in [-0.1, -0.05) is 128 Å². The summed E-state index contributed by atoms with van der Waals surface area (Å²) in [6.07, 6.45) is 0.996. The fourth-order valence-electron chi connectivity index (χ4n) is 3.86. The molecule has 230 valence electrons. The number of hydrogen-bond acceptors (Lipinski definition) is 5. The van der Waals surface area contributed by atoms with Crippen LogP contribution in [-0.2, 0) is 0 Å². The van der Waals surface area contributed by atoms with Crippen molar-refractivity contribution in [1.29, 1.82) is 0 Å². The first kappa shape index (κ1) is 36.4. The van der Waals surface area contributed by atoms with Gasteiger partial charge in [-0.25, -0.2) is 0 Å². The van der Waals surface area contributed by atoms with Crippen molar-refractivity contribution in [2.45, 2.75) is 32.9 Å². The summed E-state index contributed by atoms with van der Waals surface area (Å²) in [5.74, 6) is 0.861. The first-order valence-electron chi connectivity index (χ1n) is 14.6. The molecule has 0 aliphatic carbocycles. The molecular weight excluding hydrogens is 644 g/mol. The average molecular weight is 683 g/mol. The van der Waals surface area contributed by atoms with Gasteiger partial charge in [-0.05, 0) is 78.8 Å². The maximum Gasteiger partial charge on any atom is 0.132 e. The van der Waals surface area contributed by atoms with E-state index >= 15 is 0 Å². The lowest BCUT2D eigenvalue weighted by atomic mass is 10.3. The van der Waals surface area contributed by atoms with Gasteiger partial charge in [0.1, 0.15) is 5.75 Å². The van der Waals surface area contributed by atoms with Crippen LogP contribution in [0.2, 0.25) is 0 Å². The summed E-state index contributed by atoms with van der Waals surface area (Å²) in [4.78, 5) is 3.95. The zero-order chi connectivity index (χ0) is 32.1. The molecule has 0 amide bonds. The Labute approximate surface area is 292 Å². The van der Waals surface area contributed by atoms with Gasteiger partial charge in [0.2, 0.25) is 0 Å². The number of hydrogen-bond donors (Lipinski definition) is 4. The van der Waals surface area contributed by atoms with Crippen LogP contribution in [0.15, 0.2) is 189 Å². The van der Waals surface area contributed by atoms with E-state index in [0.29, 0.717) is 0 Å². The highest BCUT2D eigenvalue weighted by Gasteiger charge is 2.17. The number of benzene rings is 6. The minimum atomic E-state index is -0.592. The number of ether oxygens (including phenoxy) is 1. The third-order valence-corrected chi connectivity index (χ3v) is 9.63. The molecule has 6 aromatic rings. The third kappa shape index (κ3) is 14.3. The van der Waals surface area contributed by atoms with E-state index in [1.807, 2.05) is 91.0 Å². The Morgan fingerprint density at radius 1 is 0.444 bits per heavy atom. The Morgan fingerprint density at radius 3 is 1.09 bits per heavy atom. The SMILES string of the molecule is CCCOc1ccc(P(c2ccccc2)c2ccccc2)cc1S.Sc1ccccc1.Sc1ccccc1.Sc1ccccc1. The van der Waals surface area contributed by atoms with Gasteiger partial charge >= 0.3 is 0 Å². The highest BCUT2D eigenvalue weighted by Crippen LogP contribution is 2.35. The molecule has 0 heterocycles. The highest BCUT2D eigenvalue weighted by atomic mass is 32.1.